The van der Waals surface area contributed by atoms with Crippen LogP contribution in [0.2, 0.25) is 0 Å². The molecule has 0 fully saturated rings. The number of benzene rings is 1. The van der Waals surface area contributed by atoms with E-state index in [-0.39, 0.29) is 16.4 Å². The Morgan fingerprint density at radius 1 is 0.833 bits per heavy atom. The topological polar surface area (TPSA) is 26.7 Å². The number of anilines is 1. The number of phenols is 1. The van der Waals surface area contributed by atoms with Crippen molar-refractivity contribution in [2.45, 2.75) is 78.7 Å². The molecule has 0 radical (unpaired) electrons. The van der Waals surface area contributed by atoms with Crippen molar-refractivity contribution in [1.29, 1.82) is 0 Å². The third-order valence-electron chi connectivity index (χ3n) is 4.67. The van der Waals surface area contributed by atoms with Crippen molar-refractivity contribution in [3.05, 3.63) is 35.7 Å². The van der Waals surface area contributed by atoms with Gasteiger partial charge in [-0.1, -0.05) is 47.6 Å². The highest BCUT2D eigenvalue weighted by Crippen LogP contribution is 2.42. The van der Waals surface area contributed by atoms with Gasteiger partial charge < -0.3 is 14.9 Å². The zero-order valence-corrected chi connectivity index (χ0v) is 16.9. The van der Waals surface area contributed by atoms with E-state index in [4.69, 9.17) is 0 Å². The molecular formula is C21H34N2O. The van der Waals surface area contributed by atoms with Crippen molar-refractivity contribution in [3.8, 4) is 5.75 Å². The van der Waals surface area contributed by atoms with E-state index in [1.807, 2.05) is 0 Å². The van der Waals surface area contributed by atoms with Crippen molar-refractivity contribution in [2.75, 3.05) is 11.6 Å². The zero-order valence-electron chi connectivity index (χ0n) is 16.9. The lowest BCUT2D eigenvalue weighted by atomic mass is 9.79. The van der Waals surface area contributed by atoms with E-state index < -0.39 is 0 Å². The summed E-state index contributed by atoms with van der Waals surface area (Å²) in [7, 11) is 0. The lowest BCUT2D eigenvalue weighted by molar-refractivity contribution is 0.222. The van der Waals surface area contributed by atoms with Crippen molar-refractivity contribution in [3.63, 3.8) is 0 Å². The Bertz CT molecular complexity index is 640. The number of phenolic OH excluding ortho intramolecular Hbond substituents is 1. The number of rotatable bonds is 1. The first-order valence-electron chi connectivity index (χ1n) is 8.81. The van der Waals surface area contributed by atoms with Gasteiger partial charge in [-0.3, -0.25) is 0 Å². The van der Waals surface area contributed by atoms with Crippen LogP contribution in [-0.4, -0.2) is 22.2 Å². The summed E-state index contributed by atoms with van der Waals surface area (Å²) in [4.78, 5) is 4.43. The van der Waals surface area contributed by atoms with Crippen LogP contribution in [0.4, 0.5) is 5.69 Å². The van der Waals surface area contributed by atoms with Crippen LogP contribution in [0.15, 0.2) is 24.5 Å². The van der Waals surface area contributed by atoms with E-state index in [1.54, 1.807) is 0 Å². The fraction of sp³-hybridized carbons (Fsp3) is 0.619. The molecule has 1 aromatic carbocycles. The van der Waals surface area contributed by atoms with Gasteiger partial charge in [-0.2, -0.15) is 0 Å². The number of aromatic hydroxyl groups is 1. The molecule has 24 heavy (non-hydrogen) atoms. The molecule has 0 unspecified atom stereocenters. The fourth-order valence-electron chi connectivity index (χ4n) is 2.85. The molecule has 0 spiro atoms. The van der Waals surface area contributed by atoms with Crippen LogP contribution in [-0.2, 0) is 10.8 Å². The molecule has 1 aliphatic rings. The first-order valence-corrected chi connectivity index (χ1v) is 8.81. The van der Waals surface area contributed by atoms with Gasteiger partial charge in [0.1, 0.15) is 5.75 Å². The first-order chi connectivity index (χ1) is 10.7. The first kappa shape index (κ1) is 18.7. The summed E-state index contributed by atoms with van der Waals surface area (Å²) in [5.41, 5.74) is 3.16. The normalized spacial score (nSPS) is 16.2. The molecule has 0 aliphatic carbocycles. The second-order valence-corrected chi connectivity index (χ2v) is 9.94. The molecule has 1 aromatic rings. The Morgan fingerprint density at radius 2 is 1.42 bits per heavy atom. The third-order valence-corrected chi connectivity index (χ3v) is 4.67. The molecule has 134 valence electrons. The summed E-state index contributed by atoms with van der Waals surface area (Å²) < 4.78 is 0. The summed E-state index contributed by atoms with van der Waals surface area (Å²) in [6.07, 6.45) is 4.18. The van der Waals surface area contributed by atoms with E-state index >= 15 is 0 Å². The summed E-state index contributed by atoms with van der Waals surface area (Å²) >= 11 is 0. The molecule has 1 heterocycles. The molecule has 0 saturated carbocycles. The van der Waals surface area contributed by atoms with Gasteiger partial charge in [0.25, 0.3) is 0 Å². The van der Waals surface area contributed by atoms with Gasteiger partial charge in [-0.15, -0.1) is 0 Å². The number of hydrogen-bond acceptors (Lipinski definition) is 3. The van der Waals surface area contributed by atoms with Crippen LogP contribution < -0.4 is 4.90 Å². The molecule has 2 rings (SSSR count). The highest BCUT2D eigenvalue weighted by Gasteiger charge is 2.29. The van der Waals surface area contributed by atoms with Crippen LogP contribution in [0.1, 0.15) is 73.4 Å². The summed E-state index contributed by atoms with van der Waals surface area (Å²) in [6.45, 7) is 20.5. The SMILES string of the molecule is CC(C)(C)c1cc(N2C=CN(C(C)(C)C)C2)c(O)c(C(C)(C)C)c1. The molecule has 0 atom stereocenters. The van der Waals surface area contributed by atoms with E-state index in [0.717, 1.165) is 17.9 Å². The molecule has 0 bridgehead atoms. The van der Waals surface area contributed by atoms with Gasteiger partial charge in [0.2, 0.25) is 0 Å². The van der Waals surface area contributed by atoms with E-state index in [1.165, 1.54) is 5.56 Å². The van der Waals surface area contributed by atoms with Crippen LogP contribution in [0, 0.1) is 0 Å². The highest BCUT2D eigenvalue weighted by molar-refractivity contribution is 5.67. The maximum Gasteiger partial charge on any atom is 0.143 e. The Balaban J connectivity index is 2.53. The van der Waals surface area contributed by atoms with Crippen LogP contribution in [0.25, 0.3) is 0 Å². The minimum atomic E-state index is -0.104. The zero-order chi connectivity index (χ0) is 18.5. The molecule has 0 saturated heterocycles. The molecular weight excluding hydrogens is 296 g/mol. The fourth-order valence-corrected chi connectivity index (χ4v) is 2.85. The minimum absolute atomic E-state index is 0.0373. The van der Waals surface area contributed by atoms with Gasteiger partial charge in [0.15, 0.2) is 0 Å². The standard InChI is InChI=1S/C21H34N2O/c1-19(2,3)15-12-16(20(4,5)6)18(24)17(13-15)22-10-11-23(14-22)21(7,8)9/h10-13,24H,14H2,1-9H3. The van der Waals surface area contributed by atoms with Gasteiger partial charge >= 0.3 is 0 Å². The monoisotopic (exact) mass is 330 g/mol. The quantitative estimate of drug-likeness (QED) is 0.753. The van der Waals surface area contributed by atoms with E-state index in [0.29, 0.717) is 5.75 Å². The lowest BCUT2D eigenvalue weighted by Crippen LogP contribution is -2.39. The Hall–Kier alpha value is -1.64. The molecule has 3 nitrogen and oxygen atoms in total. The molecule has 0 aromatic heterocycles. The molecule has 1 aliphatic heterocycles. The van der Waals surface area contributed by atoms with Gasteiger partial charge in [-0.05, 0) is 43.2 Å². The molecule has 0 amide bonds. The molecule has 1 N–H and O–H groups in total. The van der Waals surface area contributed by atoms with Gasteiger partial charge in [0.05, 0.1) is 12.4 Å². The summed E-state index contributed by atoms with van der Waals surface area (Å²) in [5.74, 6) is 0.399. The lowest BCUT2D eigenvalue weighted by Gasteiger charge is -2.34. The Labute approximate surface area is 148 Å². The largest absolute Gasteiger partial charge is 0.505 e. The van der Waals surface area contributed by atoms with E-state index in [9.17, 15) is 5.11 Å². The Morgan fingerprint density at radius 3 is 1.83 bits per heavy atom. The number of nitrogens with zero attached hydrogens (tertiary/aromatic N) is 2. The van der Waals surface area contributed by atoms with Crippen LogP contribution in [0.3, 0.4) is 0 Å². The van der Waals surface area contributed by atoms with Crippen molar-refractivity contribution < 1.29 is 5.11 Å². The molecule has 3 heteroatoms. The Kier molecular flexibility index (Phi) is 4.45. The van der Waals surface area contributed by atoms with Gasteiger partial charge in [0, 0.05) is 23.5 Å². The maximum atomic E-state index is 11.0. The second-order valence-electron chi connectivity index (χ2n) is 9.94. The summed E-state index contributed by atoms with van der Waals surface area (Å²) in [6, 6.07) is 4.31. The third kappa shape index (κ3) is 3.71. The van der Waals surface area contributed by atoms with Gasteiger partial charge in [-0.25, -0.2) is 0 Å². The average molecular weight is 331 g/mol. The van der Waals surface area contributed by atoms with Crippen LogP contribution >= 0.6 is 0 Å². The van der Waals surface area contributed by atoms with E-state index in [2.05, 4.69) is 96.6 Å². The summed E-state index contributed by atoms with van der Waals surface area (Å²) in [5, 5.41) is 11.0. The van der Waals surface area contributed by atoms with Crippen LogP contribution in [0.5, 0.6) is 5.75 Å². The predicted octanol–water partition coefficient (Wildman–Crippen LogP) is 5.34. The smallest absolute Gasteiger partial charge is 0.143 e. The van der Waals surface area contributed by atoms with Crippen molar-refractivity contribution in [2.24, 2.45) is 0 Å². The highest BCUT2D eigenvalue weighted by atomic mass is 16.3. The predicted molar refractivity (Wildman–Crippen MR) is 104 cm³/mol. The maximum absolute atomic E-state index is 11.0. The van der Waals surface area contributed by atoms with Crippen molar-refractivity contribution >= 4 is 5.69 Å². The van der Waals surface area contributed by atoms with Crippen molar-refractivity contribution in [1.82, 2.24) is 4.90 Å². The average Bonchev–Trinajstić information content (AvgIpc) is 2.85. The second kappa shape index (κ2) is 5.72. The number of hydrogen-bond donors (Lipinski definition) is 1. The minimum Gasteiger partial charge on any atom is -0.505 e.